The third-order valence-electron chi connectivity index (χ3n) is 2.60. The summed E-state index contributed by atoms with van der Waals surface area (Å²) in [5, 5.41) is 6.51. The smallest absolute Gasteiger partial charge is 0.374 e. The van der Waals surface area contributed by atoms with Gasteiger partial charge in [-0.1, -0.05) is 0 Å². The zero-order chi connectivity index (χ0) is 15.5. The lowest BCUT2D eigenvalue weighted by Gasteiger charge is -2.08. The topological polar surface area (TPSA) is 64.9 Å². The molecule has 0 fully saturated rings. The van der Waals surface area contributed by atoms with Crippen molar-refractivity contribution in [1.82, 2.24) is 19.7 Å². The van der Waals surface area contributed by atoms with E-state index in [0.717, 1.165) is 17.1 Å². The van der Waals surface area contributed by atoms with Crippen molar-refractivity contribution in [3.05, 3.63) is 29.8 Å². The highest BCUT2D eigenvalue weighted by molar-refractivity contribution is 5.41. The van der Waals surface area contributed by atoms with Gasteiger partial charge in [0.1, 0.15) is 12.4 Å². The third-order valence-corrected chi connectivity index (χ3v) is 2.60. The number of nitrogens with one attached hydrogen (secondary N) is 1. The molecule has 0 atom stereocenters. The Kier molecular flexibility index (Phi) is 4.41. The molecule has 0 saturated heterocycles. The Bertz CT molecular complexity index is 611. The minimum Gasteiger partial charge on any atom is -0.374 e. The van der Waals surface area contributed by atoms with E-state index in [-0.39, 0.29) is 12.4 Å². The van der Waals surface area contributed by atoms with Crippen molar-refractivity contribution in [3.8, 4) is 5.82 Å². The molecule has 0 amide bonds. The van der Waals surface area contributed by atoms with Crippen molar-refractivity contribution >= 4 is 5.82 Å². The molecule has 0 aromatic carbocycles. The van der Waals surface area contributed by atoms with Gasteiger partial charge in [-0.05, 0) is 6.92 Å². The average Bonchev–Trinajstić information content (AvgIpc) is 2.94. The normalized spacial score (nSPS) is 11.7. The van der Waals surface area contributed by atoms with Crippen LogP contribution < -0.4 is 5.32 Å². The van der Waals surface area contributed by atoms with Crippen LogP contribution in [0.15, 0.2) is 18.5 Å². The van der Waals surface area contributed by atoms with Crippen LogP contribution in [0.25, 0.3) is 5.82 Å². The van der Waals surface area contributed by atoms with Crippen LogP contribution in [-0.2, 0) is 17.5 Å². The molecular formula is C12H14F3N5O. The lowest BCUT2D eigenvalue weighted by atomic mass is 10.3. The largest absolute Gasteiger partial charge is 0.419 e. The van der Waals surface area contributed by atoms with Gasteiger partial charge < -0.3 is 10.1 Å². The van der Waals surface area contributed by atoms with E-state index in [1.807, 2.05) is 6.92 Å². The molecule has 21 heavy (non-hydrogen) atoms. The lowest BCUT2D eigenvalue weighted by molar-refractivity contribution is -0.137. The van der Waals surface area contributed by atoms with Crippen LogP contribution >= 0.6 is 0 Å². The van der Waals surface area contributed by atoms with Crippen LogP contribution in [0.2, 0.25) is 0 Å². The van der Waals surface area contributed by atoms with Gasteiger partial charge in [-0.15, -0.1) is 0 Å². The Morgan fingerprint density at radius 2 is 2.10 bits per heavy atom. The fourth-order valence-electron chi connectivity index (χ4n) is 1.58. The standard InChI is InChI=1S/C12H14F3N5O/c1-3-21-7-10-18-9(16-2)4-11(19-10)20-6-8(5-17-20)12(13,14)15/h4-6H,3,7H2,1-2H3,(H,16,18,19). The average molecular weight is 301 g/mol. The first-order valence-corrected chi connectivity index (χ1v) is 6.19. The number of ether oxygens (including phenoxy) is 1. The summed E-state index contributed by atoms with van der Waals surface area (Å²) in [5.41, 5.74) is -0.835. The molecule has 0 bridgehead atoms. The molecule has 0 aliphatic heterocycles. The molecule has 114 valence electrons. The Balaban J connectivity index is 2.36. The van der Waals surface area contributed by atoms with E-state index in [2.05, 4.69) is 20.4 Å². The molecule has 0 unspecified atom stereocenters. The number of halogens is 3. The lowest BCUT2D eigenvalue weighted by Crippen LogP contribution is -2.08. The van der Waals surface area contributed by atoms with Crippen molar-refractivity contribution in [1.29, 1.82) is 0 Å². The quantitative estimate of drug-likeness (QED) is 0.917. The van der Waals surface area contributed by atoms with Crippen LogP contribution in [0.1, 0.15) is 18.3 Å². The molecule has 1 N–H and O–H groups in total. The number of hydrogen-bond donors (Lipinski definition) is 1. The van der Waals surface area contributed by atoms with Gasteiger partial charge in [0, 0.05) is 25.9 Å². The summed E-state index contributed by atoms with van der Waals surface area (Å²) in [6, 6.07) is 1.50. The Morgan fingerprint density at radius 1 is 1.33 bits per heavy atom. The molecule has 2 rings (SSSR count). The highest BCUT2D eigenvalue weighted by Crippen LogP contribution is 2.29. The van der Waals surface area contributed by atoms with E-state index in [9.17, 15) is 13.2 Å². The molecule has 0 aliphatic carbocycles. The number of aromatic nitrogens is 4. The Morgan fingerprint density at radius 3 is 2.67 bits per heavy atom. The van der Waals surface area contributed by atoms with Gasteiger partial charge in [0.2, 0.25) is 0 Å². The molecule has 0 radical (unpaired) electrons. The number of alkyl halides is 3. The van der Waals surface area contributed by atoms with E-state index in [1.165, 1.54) is 6.07 Å². The Labute approximate surface area is 119 Å². The van der Waals surface area contributed by atoms with Gasteiger partial charge in [-0.2, -0.15) is 18.3 Å². The van der Waals surface area contributed by atoms with Crippen molar-refractivity contribution in [2.24, 2.45) is 0 Å². The maximum absolute atomic E-state index is 12.6. The summed E-state index contributed by atoms with van der Waals surface area (Å²) < 4.78 is 44.0. The molecule has 2 aromatic rings. The molecule has 0 aliphatic rings. The zero-order valence-electron chi connectivity index (χ0n) is 11.5. The second-order valence-electron chi connectivity index (χ2n) is 4.09. The highest BCUT2D eigenvalue weighted by Gasteiger charge is 2.32. The minimum absolute atomic E-state index is 0.173. The van der Waals surface area contributed by atoms with E-state index < -0.39 is 11.7 Å². The fraction of sp³-hybridized carbons (Fsp3) is 0.417. The van der Waals surface area contributed by atoms with Gasteiger partial charge >= 0.3 is 6.18 Å². The van der Waals surface area contributed by atoms with Crippen LogP contribution in [-0.4, -0.2) is 33.4 Å². The molecule has 9 heteroatoms. The van der Waals surface area contributed by atoms with Crippen LogP contribution in [0.3, 0.4) is 0 Å². The van der Waals surface area contributed by atoms with Gasteiger partial charge in [-0.25, -0.2) is 14.6 Å². The van der Waals surface area contributed by atoms with Gasteiger partial charge in [0.15, 0.2) is 11.6 Å². The Hall–Kier alpha value is -2.16. The van der Waals surface area contributed by atoms with Crippen molar-refractivity contribution in [3.63, 3.8) is 0 Å². The van der Waals surface area contributed by atoms with Gasteiger partial charge in [-0.3, -0.25) is 0 Å². The predicted octanol–water partition coefficient (Wildman–Crippen LogP) is 2.26. The maximum Gasteiger partial charge on any atom is 0.419 e. The second kappa shape index (κ2) is 6.08. The van der Waals surface area contributed by atoms with Gasteiger partial charge in [0.25, 0.3) is 0 Å². The molecule has 6 nitrogen and oxygen atoms in total. The SMILES string of the molecule is CCOCc1nc(NC)cc(-n2cc(C(F)(F)F)cn2)n1. The molecular weight excluding hydrogens is 287 g/mol. The predicted molar refractivity (Wildman–Crippen MR) is 69.0 cm³/mol. The molecule has 0 spiro atoms. The monoisotopic (exact) mass is 301 g/mol. The van der Waals surface area contributed by atoms with Crippen molar-refractivity contribution in [2.75, 3.05) is 19.0 Å². The van der Waals surface area contributed by atoms with E-state index >= 15 is 0 Å². The summed E-state index contributed by atoms with van der Waals surface area (Å²) in [4.78, 5) is 8.30. The van der Waals surface area contributed by atoms with E-state index in [4.69, 9.17) is 4.74 Å². The van der Waals surface area contributed by atoms with E-state index in [1.54, 1.807) is 7.05 Å². The van der Waals surface area contributed by atoms with E-state index in [0.29, 0.717) is 18.2 Å². The number of nitrogens with zero attached hydrogens (tertiary/aromatic N) is 4. The van der Waals surface area contributed by atoms with Crippen molar-refractivity contribution < 1.29 is 17.9 Å². The number of rotatable bonds is 5. The zero-order valence-corrected chi connectivity index (χ0v) is 11.5. The number of anilines is 1. The first-order chi connectivity index (χ1) is 9.94. The summed E-state index contributed by atoms with van der Waals surface area (Å²) >= 11 is 0. The fourth-order valence-corrected chi connectivity index (χ4v) is 1.58. The molecule has 2 heterocycles. The third kappa shape index (κ3) is 3.69. The molecule has 0 saturated carbocycles. The summed E-state index contributed by atoms with van der Waals surface area (Å²) in [7, 11) is 1.65. The first kappa shape index (κ1) is 15.2. The second-order valence-corrected chi connectivity index (χ2v) is 4.09. The maximum atomic E-state index is 12.6. The van der Waals surface area contributed by atoms with Crippen LogP contribution in [0.4, 0.5) is 19.0 Å². The molecule has 2 aromatic heterocycles. The number of hydrogen-bond acceptors (Lipinski definition) is 5. The van der Waals surface area contributed by atoms with Gasteiger partial charge in [0.05, 0.1) is 11.8 Å². The highest BCUT2D eigenvalue weighted by atomic mass is 19.4. The summed E-state index contributed by atoms with van der Waals surface area (Å²) in [5.74, 6) is 1.07. The van der Waals surface area contributed by atoms with Crippen LogP contribution in [0, 0.1) is 0 Å². The van der Waals surface area contributed by atoms with Crippen molar-refractivity contribution in [2.45, 2.75) is 19.7 Å². The summed E-state index contributed by atoms with van der Waals surface area (Å²) in [6.07, 6.45) is -2.80. The summed E-state index contributed by atoms with van der Waals surface area (Å²) in [6.45, 7) is 2.49. The first-order valence-electron chi connectivity index (χ1n) is 6.19. The van der Waals surface area contributed by atoms with Crippen LogP contribution in [0.5, 0.6) is 0 Å². The minimum atomic E-state index is -4.44.